The summed E-state index contributed by atoms with van der Waals surface area (Å²) in [6.45, 7) is 0.515. The van der Waals surface area contributed by atoms with Gasteiger partial charge >= 0.3 is 5.97 Å². The maximum Gasteiger partial charge on any atom is 0.337 e. The van der Waals surface area contributed by atoms with Crippen LogP contribution in [0.5, 0.6) is 0 Å². The zero-order chi connectivity index (χ0) is 13.0. The van der Waals surface area contributed by atoms with E-state index in [4.69, 9.17) is 16.7 Å². The molecule has 0 saturated carbocycles. The van der Waals surface area contributed by atoms with E-state index in [1.165, 1.54) is 12.3 Å². The summed E-state index contributed by atoms with van der Waals surface area (Å²) in [7, 11) is 0. The zero-order valence-electron chi connectivity index (χ0n) is 9.30. The van der Waals surface area contributed by atoms with E-state index < -0.39 is 5.97 Å². The minimum absolute atomic E-state index is 0.0281. The molecule has 2 aromatic heterocycles. The second-order valence-corrected chi connectivity index (χ2v) is 3.98. The predicted octanol–water partition coefficient (Wildman–Crippen LogP) is 2.44. The lowest BCUT2D eigenvalue weighted by Gasteiger charge is -2.06. The number of nitrogens with zero attached hydrogens (tertiary/aromatic N) is 2. The highest BCUT2D eigenvalue weighted by molar-refractivity contribution is 6.33. The van der Waals surface area contributed by atoms with Gasteiger partial charge in [-0.05, 0) is 17.7 Å². The molecule has 5 nitrogen and oxygen atoms in total. The Bertz CT molecular complexity index is 561. The van der Waals surface area contributed by atoms with E-state index in [1.54, 1.807) is 12.4 Å². The molecule has 2 heterocycles. The van der Waals surface area contributed by atoms with Crippen LogP contribution >= 0.6 is 11.6 Å². The molecule has 92 valence electrons. The molecule has 0 radical (unpaired) electrons. The molecular formula is C12H10ClN3O2. The van der Waals surface area contributed by atoms with Crippen LogP contribution in [-0.4, -0.2) is 21.0 Å². The summed E-state index contributed by atoms with van der Waals surface area (Å²) in [5.41, 5.74) is 1.01. The van der Waals surface area contributed by atoms with E-state index in [9.17, 15) is 4.79 Å². The van der Waals surface area contributed by atoms with E-state index in [1.807, 2.05) is 12.1 Å². The van der Waals surface area contributed by atoms with Gasteiger partial charge in [0.2, 0.25) is 0 Å². The first-order chi connectivity index (χ1) is 8.66. The first-order valence-electron chi connectivity index (χ1n) is 5.18. The lowest BCUT2D eigenvalue weighted by atomic mass is 10.2. The Morgan fingerprint density at radius 2 is 2.28 bits per heavy atom. The molecule has 0 bridgehead atoms. The summed E-state index contributed by atoms with van der Waals surface area (Å²) >= 11 is 5.73. The van der Waals surface area contributed by atoms with Crippen LogP contribution in [0, 0.1) is 0 Å². The van der Waals surface area contributed by atoms with Gasteiger partial charge in [0, 0.05) is 25.1 Å². The third kappa shape index (κ3) is 2.95. The fraction of sp³-hybridized carbons (Fsp3) is 0.0833. The molecule has 2 N–H and O–H groups in total. The van der Waals surface area contributed by atoms with Crippen molar-refractivity contribution >= 4 is 23.4 Å². The van der Waals surface area contributed by atoms with Gasteiger partial charge in [-0.3, -0.25) is 4.98 Å². The standard InChI is InChI=1S/C12H10ClN3O2/c13-10-7-16-11(4-9(10)12(17)18)15-6-8-2-1-3-14-5-8/h1-5,7H,6H2,(H,15,16)(H,17,18). The maximum absolute atomic E-state index is 10.9. The van der Waals surface area contributed by atoms with Gasteiger partial charge in [0.25, 0.3) is 0 Å². The molecule has 0 fully saturated rings. The average molecular weight is 264 g/mol. The quantitative estimate of drug-likeness (QED) is 0.886. The smallest absolute Gasteiger partial charge is 0.337 e. The Kier molecular flexibility index (Phi) is 3.74. The zero-order valence-corrected chi connectivity index (χ0v) is 10.1. The number of aromatic nitrogens is 2. The highest BCUT2D eigenvalue weighted by atomic mass is 35.5. The molecule has 0 aromatic carbocycles. The Labute approximate surface area is 108 Å². The summed E-state index contributed by atoms with van der Waals surface area (Å²) in [4.78, 5) is 18.9. The van der Waals surface area contributed by atoms with Crippen LogP contribution in [0.2, 0.25) is 5.02 Å². The van der Waals surface area contributed by atoms with Gasteiger partial charge in [0.15, 0.2) is 0 Å². The van der Waals surface area contributed by atoms with Gasteiger partial charge in [-0.2, -0.15) is 0 Å². The van der Waals surface area contributed by atoms with Crippen molar-refractivity contribution in [3.05, 3.63) is 52.9 Å². The Morgan fingerprint density at radius 3 is 2.94 bits per heavy atom. The van der Waals surface area contributed by atoms with E-state index in [0.29, 0.717) is 12.4 Å². The summed E-state index contributed by atoms with van der Waals surface area (Å²) in [6, 6.07) is 5.14. The highest BCUT2D eigenvalue weighted by Gasteiger charge is 2.10. The second-order valence-electron chi connectivity index (χ2n) is 3.57. The lowest BCUT2D eigenvalue weighted by Crippen LogP contribution is -2.04. The van der Waals surface area contributed by atoms with Crippen molar-refractivity contribution in [2.45, 2.75) is 6.54 Å². The van der Waals surface area contributed by atoms with Gasteiger partial charge in [-0.15, -0.1) is 0 Å². The molecule has 0 saturated heterocycles. The Morgan fingerprint density at radius 1 is 1.44 bits per heavy atom. The van der Waals surface area contributed by atoms with Crippen LogP contribution < -0.4 is 5.32 Å². The Hall–Kier alpha value is -2.14. The topological polar surface area (TPSA) is 75.1 Å². The van der Waals surface area contributed by atoms with E-state index >= 15 is 0 Å². The van der Waals surface area contributed by atoms with Crippen LogP contribution in [-0.2, 0) is 6.54 Å². The van der Waals surface area contributed by atoms with Crippen molar-refractivity contribution in [2.24, 2.45) is 0 Å². The number of carboxylic acids is 1. The average Bonchev–Trinajstić information content (AvgIpc) is 2.38. The molecule has 2 rings (SSSR count). The van der Waals surface area contributed by atoms with E-state index in [0.717, 1.165) is 5.56 Å². The normalized spacial score (nSPS) is 10.1. The van der Waals surface area contributed by atoms with Gasteiger partial charge in [0.1, 0.15) is 5.82 Å². The number of hydrogen-bond donors (Lipinski definition) is 2. The van der Waals surface area contributed by atoms with Gasteiger partial charge in [-0.25, -0.2) is 9.78 Å². The fourth-order valence-corrected chi connectivity index (χ4v) is 1.58. The molecule has 0 amide bonds. The summed E-state index contributed by atoms with van der Waals surface area (Å²) < 4.78 is 0. The minimum atomic E-state index is -1.08. The van der Waals surface area contributed by atoms with Gasteiger partial charge in [-0.1, -0.05) is 17.7 Å². The second kappa shape index (κ2) is 5.46. The molecule has 0 atom stereocenters. The molecule has 0 spiro atoms. The molecule has 2 aromatic rings. The number of carbonyl (C=O) groups is 1. The fourth-order valence-electron chi connectivity index (χ4n) is 1.39. The summed E-state index contributed by atoms with van der Waals surface area (Å²) in [5.74, 6) is -0.618. The third-order valence-corrected chi connectivity index (χ3v) is 2.58. The van der Waals surface area contributed by atoms with Crippen molar-refractivity contribution in [1.82, 2.24) is 9.97 Å². The number of carboxylic acid groups (broad SMARTS) is 1. The number of pyridine rings is 2. The Balaban J connectivity index is 2.11. The highest BCUT2D eigenvalue weighted by Crippen LogP contribution is 2.18. The van der Waals surface area contributed by atoms with Crippen molar-refractivity contribution in [1.29, 1.82) is 0 Å². The number of anilines is 1. The first-order valence-corrected chi connectivity index (χ1v) is 5.56. The molecule has 0 aliphatic carbocycles. The van der Waals surface area contributed by atoms with Crippen LogP contribution in [0.4, 0.5) is 5.82 Å². The van der Waals surface area contributed by atoms with Gasteiger partial charge in [0.05, 0.1) is 10.6 Å². The van der Waals surface area contributed by atoms with Crippen LogP contribution in [0.25, 0.3) is 0 Å². The number of nitrogens with one attached hydrogen (secondary N) is 1. The van der Waals surface area contributed by atoms with E-state index in [2.05, 4.69) is 15.3 Å². The third-order valence-electron chi connectivity index (χ3n) is 2.28. The molecule has 0 aliphatic heterocycles. The monoisotopic (exact) mass is 263 g/mol. The summed E-state index contributed by atoms with van der Waals surface area (Å²) in [6.07, 6.45) is 4.73. The number of aromatic carboxylic acids is 1. The molecule has 6 heteroatoms. The SMILES string of the molecule is O=C(O)c1cc(NCc2cccnc2)ncc1Cl. The van der Waals surface area contributed by atoms with Crippen LogP contribution in [0.15, 0.2) is 36.8 Å². The minimum Gasteiger partial charge on any atom is -0.478 e. The van der Waals surface area contributed by atoms with Crippen molar-refractivity contribution < 1.29 is 9.90 Å². The molecule has 0 unspecified atom stereocenters. The molecule has 18 heavy (non-hydrogen) atoms. The largest absolute Gasteiger partial charge is 0.478 e. The van der Waals surface area contributed by atoms with Gasteiger partial charge < -0.3 is 10.4 Å². The maximum atomic E-state index is 10.9. The number of rotatable bonds is 4. The van der Waals surface area contributed by atoms with Crippen LogP contribution in [0.3, 0.4) is 0 Å². The first kappa shape index (κ1) is 12.3. The van der Waals surface area contributed by atoms with E-state index in [-0.39, 0.29) is 10.6 Å². The van der Waals surface area contributed by atoms with Crippen LogP contribution in [0.1, 0.15) is 15.9 Å². The summed E-state index contributed by atoms with van der Waals surface area (Å²) in [5, 5.41) is 12.1. The predicted molar refractivity (Wildman–Crippen MR) is 67.8 cm³/mol. The molecular weight excluding hydrogens is 254 g/mol. The van der Waals surface area contributed by atoms with Crippen molar-refractivity contribution in [3.8, 4) is 0 Å². The lowest BCUT2D eigenvalue weighted by molar-refractivity contribution is 0.0697. The van der Waals surface area contributed by atoms with Crippen molar-refractivity contribution in [3.63, 3.8) is 0 Å². The van der Waals surface area contributed by atoms with Crippen molar-refractivity contribution in [2.75, 3.05) is 5.32 Å². The number of halogens is 1. The number of hydrogen-bond acceptors (Lipinski definition) is 4. The molecule has 0 aliphatic rings.